The van der Waals surface area contributed by atoms with Gasteiger partial charge in [-0.15, -0.1) is 0 Å². The number of unbranched alkanes of at least 4 members (excludes halogenated alkanes) is 2. The summed E-state index contributed by atoms with van der Waals surface area (Å²) in [7, 11) is 1.55. The SMILES string of the molecule is CCC(=O)CCCCC[C@@H]1NC(=O)[C@H]2CCCCN2C(=O)[C@H](C(C)CC)NC(=O)[C@H](Cc2cn(OC)c3ccc(Br)cc23)NC1=O. The van der Waals surface area contributed by atoms with Gasteiger partial charge in [-0.25, -0.2) is 0 Å². The molecule has 3 N–H and O–H groups in total. The van der Waals surface area contributed by atoms with Crippen LogP contribution in [0.25, 0.3) is 10.9 Å². The van der Waals surface area contributed by atoms with E-state index in [-0.39, 0.29) is 29.9 Å². The lowest BCUT2D eigenvalue weighted by Gasteiger charge is -2.39. The van der Waals surface area contributed by atoms with Crippen LogP contribution in [0.2, 0.25) is 0 Å². The van der Waals surface area contributed by atoms with Crippen LogP contribution in [0.5, 0.6) is 0 Å². The highest BCUT2D eigenvalue weighted by atomic mass is 79.9. The van der Waals surface area contributed by atoms with Crippen LogP contribution < -0.4 is 20.8 Å². The fourth-order valence-corrected chi connectivity index (χ4v) is 6.76. The van der Waals surface area contributed by atoms with Crippen LogP contribution in [0.4, 0.5) is 0 Å². The number of carbonyl (C=O) groups is 5. The number of carbonyl (C=O) groups excluding carboxylic acids is 5. The minimum atomic E-state index is -1.03. The molecule has 3 heterocycles. The maximum Gasteiger partial charge on any atom is 0.246 e. The molecule has 5 atom stereocenters. The van der Waals surface area contributed by atoms with Crippen molar-refractivity contribution < 1.29 is 28.8 Å². The molecule has 0 radical (unpaired) electrons. The molecule has 46 heavy (non-hydrogen) atoms. The molecule has 0 saturated carbocycles. The van der Waals surface area contributed by atoms with Crippen molar-refractivity contribution >= 4 is 56.2 Å². The number of ketones is 1. The first-order chi connectivity index (χ1) is 22.1. The molecule has 2 aliphatic heterocycles. The third-order valence-electron chi connectivity index (χ3n) is 9.41. The highest BCUT2D eigenvalue weighted by molar-refractivity contribution is 9.10. The van der Waals surface area contributed by atoms with E-state index in [4.69, 9.17) is 4.84 Å². The molecule has 1 aromatic heterocycles. The summed E-state index contributed by atoms with van der Waals surface area (Å²) in [5.41, 5.74) is 1.57. The third kappa shape index (κ3) is 8.49. The van der Waals surface area contributed by atoms with Gasteiger partial charge in [-0.2, -0.15) is 4.73 Å². The van der Waals surface area contributed by atoms with Crippen molar-refractivity contribution in [1.29, 1.82) is 0 Å². The Kier molecular flexibility index (Phi) is 12.7. The van der Waals surface area contributed by atoms with Crippen molar-refractivity contribution in [2.75, 3.05) is 13.7 Å². The smallest absolute Gasteiger partial charge is 0.246 e. The maximum absolute atomic E-state index is 14.1. The van der Waals surface area contributed by atoms with Crippen molar-refractivity contribution in [3.05, 3.63) is 34.4 Å². The zero-order chi connectivity index (χ0) is 33.4. The van der Waals surface area contributed by atoms with Crippen LogP contribution in [0, 0.1) is 5.92 Å². The van der Waals surface area contributed by atoms with Gasteiger partial charge in [-0.3, -0.25) is 24.0 Å². The fraction of sp³-hybridized carbons (Fsp3) is 0.618. The number of nitrogens with one attached hydrogen (secondary N) is 3. The average Bonchev–Trinajstić information content (AvgIpc) is 3.40. The van der Waals surface area contributed by atoms with E-state index < -0.39 is 36.0 Å². The normalized spacial score (nSPS) is 23.5. The van der Waals surface area contributed by atoms with Gasteiger partial charge in [0.1, 0.15) is 37.1 Å². The third-order valence-corrected chi connectivity index (χ3v) is 9.90. The van der Waals surface area contributed by atoms with Crippen LogP contribution in [-0.2, 0) is 30.4 Å². The van der Waals surface area contributed by atoms with Gasteiger partial charge in [0.2, 0.25) is 23.6 Å². The van der Waals surface area contributed by atoms with Gasteiger partial charge in [-0.05, 0) is 61.8 Å². The Morgan fingerprint density at radius 2 is 1.74 bits per heavy atom. The minimum absolute atomic E-state index is 0.133. The molecule has 1 unspecified atom stereocenters. The number of fused-ring (bicyclic) bond motifs is 2. The summed E-state index contributed by atoms with van der Waals surface area (Å²) in [6.45, 7) is 6.13. The number of aromatic nitrogens is 1. The molecule has 2 saturated heterocycles. The molecular formula is C34H48BrN5O6. The number of piperidine rings is 1. The number of Topliss-reactive ketones (excluding diaryl/α,β-unsaturated/α-hetero) is 1. The number of halogens is 1. The largest absolute Gasteiger partial charge is 0.417 e. The molecule has 4 amide bonds. The number of rotatable bonds is 12. The van der Waals surface area contributed by atoms with E-state index in [0.717, 1.165) is 40.2 Å². The summed E-state index contributed by atoms with van der Waals surface area (Å²) >= 11 is 3.53. The quantitative estimate of drug-likeness (QED) is 0.288. The van der Waals surface area contributed by atoms with E-state index in [0.29, 0.717) is 51.5 Å². The van der Waals surface area contributed by atoms with Crippen molar-refractivity contribution in [2.24, 2.45) is 5.92 Å². The number of hydrogen-bond acceptors (Lipinski definition) is 6. The summed E-state index contributed by atoms with van der Waals surface area (Å²) in [6, 6.07) is 2.25. The second-order valence-electron chi connectivity index (χ2n) is 12.6. The van der Waals surface area contributed by atoms with Gasteiger partial charge < -0.3 is 25.7 Å². The molecule has 252 valence electrons. The van der Waals surface area contributed by atoms with Gasteiger partial charge in [0.25, 0.3) is 0 Å². The van der Waals surface area contributed by atoms with E-state index in [2.05, 4.69) is 31.9 Å². The molecule has 2 aromatic rings. The van der Waals surface area contributed by atoms with E-state index >= 15 is 0 Å². The molecule has 4 rings (SSSR count). The Labute approximate surface area is 279 Å². The molecular weight excluding hydrogens is 654 g/mol. The van der Waals surface area contributed by atoms with Crippen LogP contribution in [0.15, 0.2) is 28.9 Å². The minimum Gasteiger partial charge on any atom is -0.417 e. The number of benzene rings is 1. The van der Waals surface area contributed by atoms with Crippen LogP contribution in [0.1, 0.15) is 90.5 Å². The summed E-state index contributed by atoms with van der Waals surface area (Å²) in [4.78, 5) is 74.7. The van der Waals surface area contributed by atoms with Crippen molar-refractivity contribution in [1.82, 2.24) is 25.6 Å². The first-order valence-corrected chi connectivity index (χ1v) is 17.4. The Bertz CT molecular complexity index is 1430. The molecule has 2 fully saturated rings. The summed E-state index contributed by atoms with van der Waals surface area (Å²) < 4.78 is 2.46. The predicted molar refractivity (Wildman–Crippen MR) is 179 cm³/mol. The lowest BCUT2D eigenvalue weighted by atomic mass is 9.93. The highest BCUT2D eigenvalue weighted by Crippen LogP contribution is 2.27. The van der Waals surface area contributed by atoms with Gasteiger partial charge in [-0.1, -0.05) is 56.0 Å². The van der Waals surface area contributed by atoms with Gasteiger partial charge in [0, 0.05) is 41.9 Å². The Balaban J connectivity index is 1.68. The second-order valence-corrected chi connectivity index (χ2v) is 13.5. The first kappa shape index (κ1) is 35.4. The Morgan fingerprint density at radius 3 is 2.46 bits per heavy atom. The molecule has 2 aliphatic rings. The zero-order valence-electron chi connectivity index (χ0n) is 27.4. The monoisotopic (exact) mass is 701 g/mol. The summed E-state index contributed by atoms with van der Waals surface area (Å²) in [6.07, 6.45) is 8.00. The van der Waals surface area contributed by atoms with E-state index in [9.17, 15) is 24.0 Å². The molecule has 0 bridgehead atoms. The maximum atomic E-state index is 14.1. The second kappa shape index (κ2) is 16.4. The average molecular weight is 703 g/mol. The molecule has 1 aromatic carbocycles. The predicted octanol–water partition coefficient (Wildman–Crippen LogP) is 3.83. The van der Waals surface area contributed by atoms with Gasteiger partial charge in [0.15, 0.2) is 0 Å². The van der Waals surface area contributed by atoms with E-state index in [1.54, 1.807) is 22.9 Å². The zero-order valence-corrected chi connectivity index (χ0v) is 29.0. The number of nitrogens with zero attached hydrogens (tertiary/aromatic N) is 2. The van der Waals surface area contributed by atoms with Crippen LogP contribution in [0.3, 0.4) is 0 Å². The number of hydrogen-bond donors (Lipinski definition) is 3. The number of amides is 4. The topological polar surface area (TPSA) is 139 Å². The Morgan fingerprint density at radius 1 is 1.00 bits per heavy atom. The van der Waals surface area contributed by atoms with Crippen molar-refractivity contribution in [3.8, 4) is 0 Å². The fourth-order valence-electron chi connectivity index (χ4n) is 6.40. The highest BCUT2D eigenvalue weighted by Gasteiger charge is 2.41. The standard InChI is InChI=1S/C34H48BrN5O6/c1-5-21(3)30-34(45)39-17-11-10-14-29(39)33(44)36-26(13-9-7-8-12-24(41)6-2)31(42)37-27(32(43)38-30)18-22-20-40(46-4)28-16-15-23(35)19-25(22)28/h15-16,19-21,26-27,29-30H,5-14,17-18H2,1-4H3,(H,36,44)(H,37,42)(H,38,43)/t21?,26-,27-,29+,30-/m0/s1. The van der Waals surface area contributed by atoms with Crippen molar-refractivity contribution in [3.63, 3.8) is 0 Å². The summed E-state index contributed by atoms with van der Waals surface area (Å²) in [5.74, 6) is -1.54. The van der Waals surface area contributed by atoms with Crippen molar-refractivity contribution in [2.45, 2.75) is 116 Å². The van der Waals surface area contributed by atoms with Gasteiger partial charge in [0.05, 0.1) is 5.52 Å². The van der Waals surface area contributed by atoms with E-state index in [1.165, 1.54) is 0 Å². The lowest BCUT2D eigenvalue weighted by Crippen LogP contribution is -2.64. The van der Waals surface area contributed by atoms with Crippen LogP contribution >= 0.6 is 15.9 Å². The molecule has 11 nitrogen and oxygen atoms in total. The Hall–Kier alpha value is -3.41. The lowest BCUT2D eigenvalue weighted by molar-refractivity contribution is -0.147. The molecule has 12 heteroatoms. The van der Waals surface area contributed by atoms with E-state index in [1.807, 2.05) is 39.0 Å². The first-order valence-electron chi connectivity index (χ1n) is 16.6. The molecule has 0 aliphatic carbocycles. The van der Waals surface area contributed by atoms with Gasteiger partial charge >= 0.3 is 0 Å². The summed E-state index contributed by atoms with van der Waals surface area (Å²) in [5, 5.41) is 9.72. The molecule has 0 spiro atoms. The van der Waals surface area contributed by atoms with Crippen LogP contribution in [-0.4, -0.2) is 76.9 Å².